The highest BCUT2D eigenvalue weighted by Gasteiger charge is 2.44. The van der Waals surface area contributed by atoms with E-state index in [1.54, 1.807) is 43.0 Å². The van der Waals surface area contributed by atoms with Gasteiger partial charge >= 0.3 is 0 Å². The summed E-state index contributed by atoms with van der Waals surface area (Å²) in [6.45, 7) is 6.29. The van der Waals surface area contributed by atoms with Crippen LogP contribution in [0.15, 0.2) is 102 Å². The maximum absolute atomic E-state index is 14.0. The number of likely N-dealkylation sites (tertiary alicyclic amines) is 1. The van der Waals surface area contributed by atoms with Crippen LogP contribution in [-0.4, -0.2) is 119 Å². The van der Waals surface area contributed by atoms with Crippen molar-refractivity contribution in [1.29, 1.82) is 0 Å². The maximum atomic E-state index is 14.0. The van der Waals surface area contributed by atoms with E-state index in [9.17, 15) is 42.3 Å². The fraction of sp³-hybridized carbons (Fsp3) is 0.320. The molecule has 6 aromatic rings. The number of aliphatic hydroxyl groups is 1. The van der Waals surface area contributed by atoms with Crippen molar-refractivity contribution in [1.82, 2.24) is 40.1 Å². The number of β-amino-alcohol motifs (C(OH)–C–C–N with tert-alkyl or cyclic N) is 1. The van der Waals surface area contributed by atoms with Gasteiger partial charge in [0, 0.05) is 49.4 Å². The van der Waals surface area contributed by atoms with Gasteiger partial charge in [-0.05, 0) is 58.4 Å². The van der Waals surface area contributed by atoms with Crippen molar-refractivity contribution in [3.8, 4) is 32.8 Å². The Balaban J connectivity index is 0.853. The van der Waals surface area contributed by atoms with Crippen LogP contribution >= 0.6 is 22.7 Å². The van der Waals surface area contributed by atoms with Crippen LogP contribution < -0.4 is 26.6 Å². The first-order valence-electron chi connectivity index (χ1n) is 22.7. The number of anilines is 1. The summed E-state index contributed by atoms with van der Waals surface area (Å²) in [6.07, 6.45) is 2.53. The number of hydrogen-bond donors (Lipinski definition) is 6. The number of thiazole rings is 2. The zero-order valence-corrected chi connectivity index (χ0v) is 42.6. The number of aliphatic hydroxyl groups excluding tert-OH is 1. The SMILES string of the molecule is Cc1ncsc1-c1ccc(CNC(=O)[C@@H]2C[C@@H](O)CN2C(=O)[C@@H](NC(=O)COCC(=O)NCc2cccc(-c3cccc(-c4csc(NC(=O)CNC(=O)c5ccn(S(C)(=O)=O)c5)n4)c3)c2)C(C)(C)C)cc1. The average molecular weight is 1040 g/mol. The summed E-state index contributed by atoms with van der Waals surface area (Å²) in [5.41, 5.74) is 7.84. The molecule has 0 spiro atoms. The molecule has 0 unspecified atom stereocenters. The molecule has 6 N–H and O–H groups in total. The summed E-state index contributed by atoms with van der Waals surface area (Å²) in [5.74, 6) is -3.17. The Morgan fingerprint density at radius 3 is 2.22 bits per heavy atom. The van der Waals surface area contributed by atoms with Crippen molar-refractivity contribution in [2.24, 2.45) is 5.41 Å². The van der Waals surface area contributed by atoms with E-state index < -0.39 is 82.3 Å². The van der Waals surface area contributed by atoms with E-state index in [1.807, 2.05) is 79.7 Å². The molecule has 3 aromatic heterocycles. The quantitative estimate of drug-likeness (QED) is 0.0663. The monoisotopic (exact) mass is 1040 g/mol. The van der Waals surface area contributed by atoms with Gasteiger partial charge in [-0.2, -0.15) is 0 Å². The highest BCUT2D eigenvalue weighted by Crippen LogP contribution is 2.31. The Bertz CT molecular complexity index is 3070. The Labute approximate surface area is 424 Å². The molecule has 7 rings (SSSR count). The number of amides is 6. The second-order valence-corrected chi connectivity index (χ2v) is 21.9. The molecule has 0 radical (unpaired) electrons. The van der Waals surface area contributed by atoms with E-state index in [-0.39, 0.29) is 38.2 Å². The van der Waals surface area contributed by atoms with Gasteiger partial charge in [-0.25, -0.2) is 18.4 Å². The third-order valence-electron chi connectivity index (χ3n) is 11.6. The van der Waals surface area contributed by atoms with Gasteiger partial charge in [0.1, 0.15) is 25.3 Å². The number of nitrogens with one attached hydrogen (secondary N) is 5. The molecular formula is C50H55N9O10S3. The number of hydrogen-bond acceptors (Lipinski definition) is 14. The van der Waals surface area contributed by atoms with Crippen LogP contribution in [0.4, 0.5) is 5.13 Å². The summed E-state index contributed by atoms with van der Waals surface area (Å²) in [4.78, 5) is 89.7. The molecule has 1 fully saturated rings. The molecule has 4 heterocycles. The summed E-state index contributed by atoms with van der Waals surface area (Å²) < 4.78 is 29.7. The van der Waals surface area contributed by atoms with Gasteiger partial charge in [-0.1, -0.05) is 81.4 Å². The average Bonchev–Trinajstić information content (AvgIpc) is 4.19. The van der Waals surface area contributed by atoms with Crippen LogP contribution in [0.5, 0.6) is 0 Å². The number of rotatable bonds is 19. The maximum Gasteiger partial charge on any atom is 0.253 e. The first-order chi connectivity index (χ1) is 34.2. The minimum absolute atomic E-state index is 0.0462. The number of benzene rings is 3. The van der Waals surface area contributed by atoms with Crippen molar-refractivity contribution >= 4 is 73.3 Å². The van der Waals surface area contributed by atoms with Gasteiger partial charge in [0.15, 0.2) is 5.13 Å². The fourth-order valence-electron chi connectivity index (χ4n) is 7.80. The first kappa shape index (κ1) is 52.7. The number of aryl methyl sites for hydroxylation is 1. The van der Waals surface area contributed by atoms with E-state index >= 15 is 0 Å². The molecular weight excluding hydrogens is 983 g/mol. The smallest absolute Gasteiger partial charge is 0.253 e. The third kappa shape index (κ3) is 13.8. The second kappa shape index (κ2) is 23.0. The largest absolute Gasteiger partial charge is 0.391 e. The highest BCUT2D eigenvalue weighted by atomic mass is 32.2. The zero-order valence-electron chi connectivity index (χ0n) is 40.1. The highest BCUT2D eigenvalue weighted by molar-refractivity contribution is 7.89. The van der Waals surface area contributed by atoms with Gasteiger partial charge in [0.25, 0.3) is 5.91 Å². The predicted octanol–water partition coefficient (Wildman–Crippen LogP) is 4.33. The van der Waals surface area contributed by atoms with Crippen LogP contribution in [-0.2, 0) is 51.8 Å². The minimum Gasteiger partial charge on any atom is -0.391 e. The molecule has 19 nitrogen and oxygen atoms in total. The molecule has 1 aliphatic heterocycles. The predicted molar refractivity (Wildman–Crippen MR) is 273 cm³/mol. The number of carbonyl (C=O) groups excluding carboxylic acids is 6. The van der Waals surface area contributed by atoms with Gasteiger partial charge < -0.3 is 41.3 Å². The summed E-state index contributed by atoms with van der Waals surface area (Å²) in [6, 6.07) is 22.3. The molecule has 6 amide bonds. The van der Waals surface area contributed by atoms with Gasteiger partial charge in [0.05, 0.1) is 46.2 Å². The molecule has 0 aliphatic carbocycles. The van der Waals surface area contributed by atoms with E-state index in [1.165, 1.54) is 28.5 Å². The third-order valence-corrected chi connectivity index (χ3v) is 14.3. The lowest BCUT2D eigenvalue weighted by molar-refractivity contribution is -0.145. The molecule has 22 heteroatoms. The van der Waals surface area contributed by atoms with E-state index in [4.69, 9.17) is 4.74 Å². The van der Waals surface area contributed by atoms with Crippen molar-refractivity contribution in [2.75, 3.05) is 37.9 Å². The Hall–Kier alpha value is -7.11. The van der Waals surface area contributed by atoms with Crippen molar-refractivity contribution in [3.05, 3.63) is 125 Å². The number of nitrogens with zero attached hydrogens (tertiary/aromatic N) is 4. The Kier molecular flexibility index (Phi) is 16.8. The molecule has 1 aliphatic rings. The summed E-state index contributed by atoms with van der Waals surface area (Å²) >= 11 is 2.76. The van der Waals surface area contributed by atoms with Crippen LogP contribution in [0.2, 0.25) is 0 Å². The van der Waals surface area contributed by atoms with Gasteiger partial charge in [0.2, 0.25) is 39.6 Å². The van der Waals surface area contributed by atoms with E-state index in [0.717, 1.165) is 60.4 Å². The minimum atomic E-state index is -3.55. The number of ether oxygens (including phenoxy) is 1. The topological polar surface area (TPSA) is 260 Å². The summed E-state index contributed by atoms with van der Waals surface area (Å²) in [7, 11) is -3.55. The Morgan fingerprint density at radius 2 is 1.53 bits per heavy atom. The molecule has 378 valence electrons. The number of carbonyl (C=O) groups is 6. The molecule has 3 atom stereocenters. The molecule has 1 saturated heterocycles. The standard InChI is InChI=1S/C50H55N9O10S3/c1-30-44(71-29-54-30)33-14-12-31(13-15-33)21-52-47(65)40-20-38(60)25-59(40)48(66)45(50(2,3)4)56-43(63)27-69-26-42(62)51-22-32-8-6-9-34(18-32)35-10-7-11-36(19-35)39-28-70-49(55-39)57-41(61)23-53-46(64)37-16-17-58(24-37)72(5,67)68/h6-19,24,28-29,38,40,45,60H,20-23,25-27H2,1-5H3,(H,51,62)(H,52,65)(H,53,64)(H,56,63)(H,55,57,61)/t38-,40+,45-/m1/s1. The van der Waals surface area contributed by atoms with Crippen LogP contribution in [0, 0.1) is 12.3 Å². The number of aromatic nitrogens is 3. The van der Waals surface area contributed by atoms with Crippen molar-refractivity contribution in [2.45, 2.75) is 65.4 Å². The molecule has 0 saturated carbocycles. The van der Waals surface area contributed by atoms with E-state index in [0.29, 0.717) is 10.8 Å². The lowest BCUT2D eigenvalue weighted by atomic mass is 9.85. The lowest BCUT2D eigenvalue weighted by Crippen LogP contribution is -2.58. The van der Waals surface area contributed by atoms with Crippen molar-refractivity contribution < 1.29 is 47.0 Å². The van der Waals surface area contributed by atoms with Crippen LogP contribution in [0.1, 0.15) is 54.4 Å². The van der Waals surface area contributed by atoms with E-state index in [2.05, 4.69) is 36.6 Å². The second-order valence-electron chi connectivity index (χ2n) is 18.3. The van der Waals surface area contributed by atoms with Gasteiger partial charge in [-0.15, -0.1) is 22.7 Å². The Morgan fingerprint density at radius 1 is 0.833 bits per heavy atom. The van der Waals surface area contributed by atoms with Crippen molar-refractivity contribution in [3.63, 3.8) is 0 Å². The fourth-order valence-corrected chi connectivity index (χ4v) is 9.93. The normalized spacial score (nSPS) is 15.1. The molecule has 3 aromatic carbocycles. The van der Waals surface area contributed by atoms with Gasteiger partial charge in [-0.3, -0.25) is 32.7 Å². The molecule has 0 bridgehead atoms. The van der Waals surface area contributed by atoms with Crippen LogP contribution in [0.25, 0.3) is 32.8 Å². The first-order valence-corrected chi connectivity index (χ1v) is 26.3. The lowest BCUT2D eigenvalue weighted by Gasteiger charge is -2.35. The molecule has 72 heavy (non-hydrogen) atoms. The zero-order chi connectivity index (χ0) is 51.7. The van der Waals surface area contributed by atoms with Crippen LogP contribution in [0.3, 0.4) is 0 Å². The summed E-state index contributed by atoms with van der Waals surface area (Å²) in [5, 5.41) is 26.2.